The van der Waals surface area contributed by atoms with E-state index >= 15 is 0 Å². The van der Waals surface area contributed by atoms with E-state index in [1.807, 2.05) is 30.3 Å². The van der Waals surface area contributed by atoms with Crippen molar-refractivity contribution in [1.29, 1.82) is 0 Å². The Labute approximate surface area is 110 Å². The van der Waals surface area contributed by atoms with Gasteiger partial charge in [0.2, 0.25) is 0 Å². The van der Waals surface area contributed by atoms with E-state index in [4.69, 9.17) is 0 Å². The zero-order valence-electron chi connectivity index (χ0n) is 10.2. The van der Waals surface area contributed by atoms with Crippen LogP contribution in [0.15, 0.2) is 54.9 Å². The Morgan fingerprint density at radius 1 is 0.947 bits per heavy atom. The van der Waals surface area contributed by atoms with E-state index in [1.165, 1.54) is 6.07 Å². The summed E-state index contributed by atoms with van der Waals surface area (Å²) in [4.78, 5) is 8.33. The van der Waals surface area contributed by atoms with Crippen molar-refractivity contribution in [3.8, 4) is 0 Å². The molecule has 2 aromatic heterocycles. The molecule has 0 aliphatic rings. The highest BCUT2D eigenvalue weighted by Gasteiger charge is 2.04. The largest absolute Gasteiger partial charge is 0.363 e. The lowest BCUT2D eigenvalue weighted by Gasteiger charge is -2.08. The number of benzene rings is 1. The monoisotopic (exact) mass is 253 g/mol. The highest BCUT2D eigenvalue weighted by molar-refractivity contribution is 5.81. The molecule has 0 amide bonds. The van der Waals surface area contributed by atoms with Crippen molar-refractivity contribution in [3.63, 3.8) is 0 Å². The molecule has 3 nitrogen and oxygen atoms in total. The van der Waals surface area contributed by atoms with Crippen LogP contribution in [0, 0.1) is 5.82 Å². The van der Waals surface area contributed by atoms with Crippen molar-refractivity contribution in [2.45, 2.75) is 6.54 Å². The van der Waals surface area contributed by atoms with E-state index in [0.29, 0.717) is 6.54 Å². The molecule has 1 N–H and O–H groups in total. The maximum absolute atomic E-state index is 13.5. The number of aromatic nitrogens is 2. The van der Waals surface area contributed by atoms with Crippen LogP contribution in [0.25, 0.3) is 10.9 Å². The molecule has 0 bridgehead atoms. The van der Waals surface area contributed by atoms with Crippen LogP contribution in [0.2, 0.25) is 0 Å². The van der Waals surface area contributed by atoms with Crippen molar-refractivity contribution in [2.24, 2.45) is 0 Å². The Morgan fingerprint density at radius 3 is 2.63 bits per heavy atom. The number of fused-ring (bicyclic) bond motifs is 1. The molecule has 19 heavy (non-hydrogen) atoms. The van der Waals surface area contributed by atoms with E-state index in [1.54, 1.807) is 18.5 Å². The minimum atomic E-state index is -0.351. The molecule has 0 radical (unpaired) electrons. The lowest BCUT2D eigenvalue weighted by Crippen LogP contribution is -2.04. The predicted octanol–water partition coefficient (Wildman–Crippen LogP) is 3.38. The van der Waals surface area contributed by atoms with Crippen LogP contribution in [0.4, 0.5) is 10.2 Å². The smallest absolute Gasteiger partial charge is 0.165 e. The van der Waals surface area contributed by atoms with Crippen molar-refractivity contribution in [2.75, 3.05) is 5.32 Å². The number of pyridine rings is 2. The number of para-hydroxylation sites is 1. The molecule has 0 aliphatic carbocycles. The molecular formula is C15H12FN3. The number of hydrogen-bond acceptors (Lipinski definition) is 3. The molecule has 0 unspecified atom stereocenters. The van der Waals surface area contributed by atoms with Crippen molar-refractivity contribution >= 4 is 16.7 Å². The highest BCUT2D eigenvalue weighted by atomic mass is 19.1. The maximum atomic E-state index is 13.5. The van der Waals surface area contributed by atoms with Crippen molar-refractivity contribution in [3.05, 3.63) is 66.2 Å². The average Bonchev–Trinajstić information content (AvgIpc) is 2.46. The first kappa shape index (κ1) is 11.6. The molecule has 0 fully saturated rings. The van der Waals surface area contributed by atoms with Gasteiger partial charge in [0.15, 0.2) is 11.6 Å². The van der Waals surface area contributed by atoms with Crippen LogP contribution in [0.1, 0.15) is 5.56 Å². The van der Waals surface area contributed by atoms with Gasteiger partial charge in [-0.25, -0.2) is 9.37 Å². The third-order valence-corrected chi connectivity index (χ3v) is 2.92. The van der Waals surface area contributed by atoms with Gasteiger partial charge in [-0.05, 0) is 23.8 Å². The standard InChI is InChI=1S/C15H12FN3/c16-13-7-3-9-18-15(13)19-10-12-5-1-4-11-6-2-8-17-14(11)12/h1-9H,10H2,(H,18,19). The molecule has 0 aliphatic heterocycles. The highest BCUT2D eigenvalue weighted by Crippen LogP contribution is 2.17. The molecule has 94 valence electrons. The molecule has 0 atom stereocenters. The summed E-state index contributed by atoms with van der Waals surface area (Å²) in [5.41, 5.74) is 1.94. The average molecular weight is 253 g/mol. The summed E-state index contributed by atoms with van der Waals surface area (Å²) < 4.78 is 13.5. The minimum Gasteiger partial charge on any atom is -0.363 e. The van der Waals surface area contributed by atoms with E-state index < -0.39 is 0 Å². The number of halogens is 1. The topological polar surface area (TPSA) is 37.8 Å². The Bertz CT molecular complexity index is 707. The summed E-state index contributed by atoms with van der Waals surface area (Å²) in [6, 6.07) is 12.8. The van der Waals surface area contributed by atoms with Crippen LogP contribution in [-0.2, 0) is 6.54 Å². The van der Waals surface area contributed by atoms with Gasteiger partial charge in [-0.1, -0.05) is 24.3 Å². The number of hydrogen-bond donors (Lipinski definition) is 1. The SMILES string of the molecule is Fc1cccnc1NCc1cccc2cccnc12. The Morgan fingerprint density at radius 2 is 1.74 bits per heavy atom. The molecule has 3 aromatic rings. The lowest BCUT2D eigenvalue weighted by atomic mass is 10.1. The first-order valence-electron chi connectivity index (χ1n) is 6.01. The zero-order chi connectivity index (χ0) is 13.1. The van der Waals surface area contributed by atoms with Gasteiger partial charge in [0.25, 0.3) is 0 Å². The quantitative estimate of drug-likeness (QED) is 0.777. The van der Waals surface area contributed by atoms with Crippen LogP contribution in [0.3, 0.4) is 0 Å². The summed E-state index contributed by atoms with van der Waals surface area (Å²) in [5.74, 6) is -0.0915. The van der Waals surface area contributed by atoms with E-state index in [-0.39, 0.29) is 11.6 Å². The summed E-state index contributed by atoms with van der Waals surface area (Å²) >= 11 is 0. The Balaban J connectivity index is 1.88. The Hall–Kier alpha value is -2.49. The number of rotatable bonds is 3. The van der Waals surface area contributed by atoms with E-state index in [0.717, 1.165) is 16.5 Å². The summed E-state index contributed by atoms with van der Waals surface area (Å²) in [7, 11) is 0. The third-order valence-electron chi connectivity index (χ3n) is 2.92. The van der Waals surface area contributed by atoms with Gasteiger partial charge in [0, 0.05) is 24.3 Å². The summed E-state index contributed by atoms with van der Waals surface area (Å²) in [5, 5.41) is 4.07. The first-order chi connectivity index (χ1) is 9.34. The van der Waals surface area contributed by atoms with E-state index in [9.17, 15) is 4.39 Å². The molecule has 0 spiro atoms. The third kappa shape index (κ3) is 2.38. The summed E-state index contributed by atoms with van der Waals surface area (Å²) in [6.45, 7) is 0.488. The normalized spacial score (nSPS) is 10.6. The van der Waals surface area contributed by atoms with Crippen molar-refractivity contribution in [1.82, 2.24) is 9.97 Å². The molecule has 4 heteroatoms. The van der Waals surface area contributed by atoms with Crippen LogP contribution in [0.5, 0.6) is 0 Å². The van der Waals surface area contributed by atoms with Crippen LogP contribution >= 0.6 is 0 Å². The fourth-order valence-electron chi connectivity index (χ4n) is 2.00. The summed E-state index contributed by atoms with van der Waals surface area (Å²) in [6.07, 6.45) is 3.32. The van der Waals surface area contributed by atoms with Gasteiger partial charge in [0.05, 0.1) is 5.52 Å². The Kier molecular flexibility index (Phi) is 3.06. The zero-order valence-corrected chi connectivity index (χ0v) is 10.2. The van der Waals surface area contributed by atoms with Gasteiger partial charge < -0.3 is 5.32 Å². The number of nitrogens with one attached hydrogen (secondary N) is 1. The van der Waals surface area contributed by atoms with Gasteiger partial charge >= 0.3 is 0 Å². The molecule has 1 aromatic carbocycles. The molecule has 0 saturated heterocycles. The minimum absolute atomic E-state index is 0.260. The predicted molar refractivity (Wildman–Crippen MR) is 73.3 cm³/mol. The van der Waals surface area contributed by atoms with Gasteiger partial charge in [0.1, 0.15) is 0 Å². The maximum Gasteiger partial charge on any atom is 0.165 e. The van der Waals surface area contributed by atoms with Crippen LogP contribution < -0.4 is 5.32 Å². The van der Waals surface area contributed by atoms with Crippen LogP contribution in [-0.4, -0.2) is 9.97 Å². The second kappa shape index (κ2) is 5.02. The van der Waals surface area contributed by atoms with Gasteiger partial charge in [-0.3, -0.25) is 4.98 Å². The number of nitrogens with zero attached hydrogens (tertiary/aromatic N) is 2. The molecular weight excluding hydrogens is 241 g/mol. The van der Waals surface area contributed by atoms with Gasteiger partial charge in [-0.2, -0.15) is 0 Å². The lowest BCUT2D eigenvalue weighted by molar-refractivity contribution is 0.624. The fraction of sp³-hybridized carbons (Fsp3) is 0.0667. The first-order valence-corrected chi connectivity index (χ1v) is 6.01. The van der Waals surface area contributed by atoms with Crippen molar-refractivity contribution < 1.29 is 4.39 Å². The van der Waals surface area contributed by atoms with E-state index in [2.05, 4.69) is 15.3 Å². The molecule has 2 heterocycles. The fourth-order valence-corrected chi connectivity index (χ4v) is 2.00. The van der Waals surface area contributed by atoms with Gasteiger partial charge in [-0.15, -0.1) is 0 Å². The second-order valence-corrected chi connectivity index (χ2v) is 4.18. The number of anilines is 1. The molecule has 3 rings (SSSR count). The second-order valence-electron chi connectivity index (χ2n) is 4.18. The molecule has 0 saturated carbocycles.